The Balaban J connectivity index is 2.22. The number of carbonyl (C=O) groups is 2. The van der Waals surface area contributed by atoms with Gasteiger partial charge in [0, 0.05) is 44.4 Å². The first-order valence-electron chi connectivity index (χ1n) is 18.9. The van der Waals surface area contributed by atoms with Crippen LogP contribution in [0.5, 0.6) is 0 Å². The molecule has 0 saturated carbocycles. The SMILES string of the molecule is CC[C@H]1OC(=O)[C@H](C)[C@@H](O[C@H]2CC(C)(OC)[C@@H](O)C(C)O2)[C@H](C)[C@@H](O[C@@H]2OC(C)CC(N(C)C)C2O)[C@](C)(OC)C[C@@H](C)C(=O)[C@H](C)[C@@H](O)[C@]1(C)O. The van der Waals surface area contributed by atoms with Crippen molar-refractivity contribution in [1.82, 2.24) is 4.90 Å². The van der Waals surface area contributed by atoms with E-state index in [1.165, 1.54) is 21.1 Å². The molecule has 0 spiro atoms. The van der Waals surface area contributed by atoms with Gasteiger partial charge in [-0.15, -0.1) is 0 Å². The number of aliphatic hydroxyl groups is 4. The summed E-state index contributed by atoms with van der Waals surface area (Å²) in [7, 11) is 6.77. The molecule has 4 N–H and O–H groups in total. The molecule has 0 aromatic carbocycles. The quantitative estimate of drug-likeness (QED) is 0.266. The molecule has 5 unspecified atom stereocenters. The maximum atomic E-state index is 14.2. The Morgan fingerprint density at radius 3 is 1.98 bits per heavy atom. The standard InChI is InChI=1S/C38H69NO13/c1-15-26-38(10,45)31(42)21(4)28(40)19(2)17-37(9,47-14)33(52-35-29(41)25(39(11)12)16-20(3)48-35)22(5)30(23(6)34(44)50-26)51-27-18-36(8,46-13)32(43)24(7)49-27/h19-27,29-33,35,41-43,45H,15-18H2,1-14H3/t19-,20?,21+,22+,23-,24?,25?,26-,27+,29?,30+,31-,32+,33-,35+,36?,37-,38-/m1/s1. The van der Waals surface area contributed by atoms with Crippen LogP contribution in [0.4, 0.5) is 0 Å². The average Bonchev–Trinajstić information content (AvgIpc) is 3.09. The van der Waals surface area contributed by atoms with Gasteiger partial charge >= 0.3 is 5.97 Å². The van der Waals surface area contributed by atoms with E-state index in [4.69, 9.17) is 33.2 Å². The smallest absolute Gasteiger partial charge is 0.311 e. The Hall–Kier alpha value is -1.30. The summed E-state index contributed by atoms with van der Waals surface area (Å²) in [5.41, 5.74) is -4.24. The van der Waals surface area contributed by atoms with Crippen molar-refractivity contribution in [1.29, 1.82) is 0 Å². The van der Waals surface area contributed by atoms with Gasteiger partial charge in [0.15, 0.2) is 12.6 Å². The van der Waals surface area contributed by atoms with Crippen molar-refractivity contribution >= 4 is 11.8 Å². The van der Waals surface area contributed by atoms with E-state index in [1.807, 2.05) is 32.8 Å². The van der Waals surface area contributed by atoms with Crippen molar-refractivity contribution in [3.8, 4) is 0 Å². The third-order valence-electron chi connectivity index (χ3n) is 12.3. The topological polar surface area (TPSA) is 183 Å². The Morgan fingerprint density at radius 2 is 1.44 bits per heavy atom. The minimum Gasteiger partial charge on any atom is -0.459 e. The van der Waals surface area contributed by atoms with E-state index in [2.05, 4.69) is 0 Å². The fourth-order valence-corrected chi connectivity index (χ4v) is 8.58. The molecule has 18 atom stereocenters. The number of Topliss-reactive ketones (excluding diaryl/α,β-unsaturated/α-hetero) is 1. The summed E-state index contributed by atoms with van der Waals surface area (Å²) in [6.45, 7) is 17.1. The summed E-state index contributed by atoms with van der Waals surface area (Å²) >= 11 is 0. The van der Waals surface area contributed by atoms with Crippen LogP contribution in [-0.4, -0.2) is 150 Å². The second-order valence-electron chi connectivity index (χ2n) is 16.6. The van der Waals surface area contributed by atoms with Gasteiger partial charge in [-0.25, -0.2) is 0 Å². The summed E-state index contributed by atoms with van der Waals surface area (Å²) in [5.74, 6) is -4.47. The fourth-order valence-electron chi connectivity index (χ4n) is 8.58. The van der Waals surface area contributed by atoms with E-state index in [9.17, 15) is 30.0 Å². The van der Waals surface area contributed by atoms with Gasteiger partial charge in [-0.2, -0.15) is 0 Å². The monoisotopic (exact) mass is 747 g/mol. The molecule has 3 aliphatic rings. The van der Waals surface area contributed by atoms with Crippen molar-refractivity contribution in [2.24, 2.45) is 23.7 Å². The summed E-state index contributed by atoms with van der Waals surface area (Å²) in [6, 6.07) is -0.283. The van der Waals surface area contributed by atoms with Crippen LogP contribution in [0.1, 0.15) is 94.9 Å². The minimum atomic E-state index is -1.96. The molecule has 304 valence electrons. The third-order valence-corrected chi connectivity index (χ3v) is 12.3. The van der Waals surface area contributed by atoms with E-state index >= 15 is 0 Å². The second kappa shape index (κ2) is 17.7. The molecule has 14 nitrogen and oxygen atoms in total. The van der Waals surface area contributed by atoms with E-state index < -0.39 is 102 Å². The van der Waals surface area contributed by atoms with Crippen LogP contribution in [-0.2, 0) is 42.7 Å². The number of hydrogen-bond donors (Lipinski definition) is 4. The predicted molar refractivity (Wildman–Crippen MR) is 191 cm³/mol. The van der Waals surface area contributed by atoms with Crippen LogP contribution < -0.4 is 0 Å². The van der Waals surface area contributed by atoms with Gasteiger partial charge in [-0.3, -0.25) is 9.59 Å². The van der Waals surface area contributed by atoms with Gasteiger partial charge < -0.3 is 58.5 Å². The summed E-state index contributed by atoms with van der Waals surface area (Å²) in [6.07, 6.45) is -8.73. The number of likely N-dealkylation sites (N-methyl/N-ethyl adjacent to an activating group) is 1. The van der Waals surface area contributed by atoms with Crippen molar-refractivity contribution in [2.75, 3.05) is 28.3 Å². The lowest BCUT2D eigenvalue weighted by Crippen LogP contribution is -2.61. The summed E-state index contributed by atoms with van der Waals surface area (Å²) in [4.78, 5) is 30.1. The first-order chi connectivity index (χ1) is 24.0. The summed E-state index contributed by atoms with van der Waals surface area (Å²) in [5, 5.41) is 45.6. The van der Waals surface area contributed by atoms with Gasteiger partial charge in [0.2, 0.25) is 0 Å². The minimum absolute atomic E-state index is 0.111. The number of ether oxygens (including phenoxy) is 7. The molecule has 0 amide bonds. The van der Waals surface area contributed by atoms with Crippen LogP contribution in [0.15, 0.2) is 0 Å². The highest BCUT2D eigenvalue weighted by atomic mass is 16.7. The number of carbonyl (C=O) groups excluding carboxylic acids is 2. The second-order valence-corrected chi connectivity index (χ2v) is 16.6. The zero-order chi connectivity index (χ0) is 39.7. The number of methoxy groups -OCH3 is 2. The molecule has 3 aliphatic heterocycles. The number of rotatable bonds is 8. The average molecular weight is 748 g/mol. The first kappa shape index (κ1) is 45.1. The molecule has 3 saturated heterocycles. The molecule has 52 heavy (non-hydrogen) atoms. The molecule has 0 radical (unpaired) electrons. The van der Waals surface area contributed by atoms with Gasteiger partial charge in [-0.1, -0.05) is 27.7 Å². The lowest BCUT2D eigenvalue weighted by molar-refractivity contribution is -0.319. The number of ketones is 1. The molecule has 3 heterocycles. The van der Waals surface area contributed by atoms with E-state index in [0.717, 1.165) is 0 Å². The van der Waals surface area contributed by atoms with Crippen molar-refractivity contribution in [3.63, 3.8) is 0 Å². The molecule has 3 rings (SSSR count). The van der Waals surface area contributed by atoms with E-state index in [-0.39, 0.29) is 37.2 Å². The van der Waals surface area contributed by atoms with Crippen molar-refractivity contribution in [2.45, 2.75) is 179 Å². The van der Waals surface area contributed by atoms with Crippen molar-refractivity contribution < 1.29 is 63.2 Å². The molecule has 3 fully saturated rings. The molecular weight excluding hydrogens is 678 g/mol. The van der Waals surface area contributed by atoms with Crippen LogP contribution >= 0.6 is 0 Å². The highest BCUT2D eigenvalue weighted by Gasteiger charge is 2.54. The Labute approximate surface area is 310 Å². The number of aliphatic hydroxyl groups excluding tert-OH is 3. The molecule has 0 bridgehead atoms. The molecule has 14 heteroatoms. The summed E-state index contributed by atoms with van der Waals surface area (Å²) < 4.78 is 43.9. The van der Waals surface area contributed by atoms with Gasteiger partial charge in [0.05, 0.1) is 47.6 Å². The molecule has 0 aromatic heterocycles. The van der Waals surface area contributed by atoms with Gasteiger partial charge in [-0.05, 0) is 74.9 Å². The maximum Gasteiger partial charge on any atom is 0.311 e. The Bertz CT molecular complexity index is 1190. The lowest BCUT2D eigenvalue weighted by Gasteiger charge is -2.50. The largest absolute Gasteiger partial charge is 0.459 e. The van der Waals surface area contributed by atoms with Crippen LogP contribution in [0.25, 0.3) is 0 Å². The maximum absolute atomic E-state index is 14.2. The Kier molecular flexibility index (Phi) is 15.3. The van der Waals surface area contributed by atoms with Crippen LogP contribution in [0, 0.1) is 23.7 Å². The Morgan fingerprint density at radius 1 is 0.846 bits per heavy atom. The van der Waals surface area contributed by atoms with Crippen molar-refractivity contribution in [3.05, 3.63) is 0 Å². The third kappa shape index (κ3) is 9.38. The van der Waals surface area contributed by atoms with E-state index in [0.29, 0.717) is 6.42 Å². The number of cyclic esters (lactones) is 1. The number of esters is 1. The lowest BCUT2D eigenvalue weighted by atomic mass is 9.74. The van der Waals surface area contributed by atoms with E-state index in [1.54, 1.807) is 48.5 Å². The zero-order valence-corrected chi connectivity index (χ0v) is 33.9. The predicted octanol–water partition coefficient (Wildman–Crippen LogP) is 2.44. The number of nitrogens with zero attached hydrogens (tertiary/aromatic N) is 1. The van der Waals surface area contributed by atoms with Gasteiger partial charge in [0.1, 0.15) is 29.7 Å². The normalized spacial score (nSPS) is 49.0. The number of hydrogen-bond acceptors (Lipinski definition) is 14. The molecule has 0 aromatic rings. The van der Waals surface area contributed by atoms with Crippen LogP contribution in [0.2, 0.25) is 0 Å². The molecular formula is C38H69NO13. The van der Waals surface area contributed by atoms with Gasteiger partial charge in [0.25, 0.3) is 0 Å². The van der Waals surface area contributed by atoms with Crippen LogP contribution in [0.3, 0.4) is 0 Å². The highest BCUT2D eigenvalue weighted by Crippen LogP contribution is 2.41. The zero-order valence-electron chi connectivity index (χ0n) is 33.9. The fraction of sp³-hybridized carbons (Fsp3) is 0.947. The molecule has 0 aliphatic carbocycles. The highest BCUT2D eigenvalue weighted by molar-refractivity contribution is 5.83. The first-order valence-corrected chi connectivity index (χ1v) is 18.9.